The number of hydrogen-bond donors (Lipinski definition) is 4. The third-order valence-electron chi connectivity index (χ3n) is 4.91. The molecule has 0 unspecified atom stereocenters. The second-order valence-corrected chi connectivity index (χ2v) is 7.59. The number of primary amides is 1. The molecule has 1 aromatic carbocycles. The highest BCUT2D eigenvalue weighted by atomic mass is 16.5. The lowest BCUT2D eigenvalue weighted by Crippen LogP contribution is -2.44. The molecule has 2 amide bonds. The Morgan fingerprint density at radius 2 is 1.78 bits per heavy atom. The van der Waals surface area contributed by atoms with Crippen molar-refractivity contribution < 1.29 is 14.3 Å². The number of hydrogen-bond acceptors (Lipinski definition) is 6. The normalized spacial score (nSPS) is 11.5. The van der Waals surface area contributed by atoms with Crippen LogP contribution in [0.1, 0.15) is 45.6 Å². The van der Waals surface area contributed by atoms with Crippen molar-refractivity contribution in [1.82, 2.24) is 15.3 Å². The molecule has 0 bridgehead atoms. The quantitative estimate of drug-likeness (QED) is 0.225. The highest BCUT2D eigenvalue weighted by molar-refractivity contribution is 5.95. The van der Waals surface area contributed by atoms with Crippen LogP contribution in [0.25, 0.3) is 0 Å². The predicted molar refractivity (Wildman–Crippen MR) is 122 cm³/mol. The van der Waals surface area contributed by atoms with Crippen LogP contribution >= 0.6 is 0 Å². The first kappa shape index (κ1) is 24.6. The molecule has 0 saturated carbocycles. The first-order valence-corrected chi connectivity index (χ1v) is 10.3. The zero-order chi connectivity index (χ0) is 23.7. The molecule has 10 heteroatoms. The molecule has 2 aromatic rings. The summed E-state index contributed by atoms with van der Waals surface area (Å²) in [6, 6.07) is 4.84. The number of rotatable bonds is 11. The maximum atomic E-state index is 12.5. The molecule has 172 valence electrons. The number of guanidine groups is 1. The smallest absolute Gasteiger partial charge is 0.270 e. The maximum Gasteiger partial charge on any atom is 0.270 e. The molecule has 0 aliphatic heterocycles. The summed E-state index contributed by atoms with van der Waals surface area (Å²) in [5.74, 6) is -0.965. The first-order valence-electron chi connectivity index (χ1n) is 10.3. The number of nitrogens with two attached hydrogens (primary N) is 3. The van der Waals surface area contributed by atoms with Gasteiger partial charge in [0.05, 0.1) is 6.61 Å². The standard InChI is InChI=1S/C22H31N7O3/c1-13-9-14(2)16(15(3)10-13)6-8-32-19-11-18(27-12-28-19)21(31)29-17(20(23)30)5-4-7-26-22(24)25/h9-12,17H,4-8H2,1-3H3,(H2,23,30)(H,29,31)(H4,24,25,26)/t17-/m0/s1. The van der Waals surface area contributed by atoms with Gasteiger partial charge < -0.3 is 27.3 Å². The van der Waals surface area contributed by atoms with E-state index in [1.54, 1.807) is 0 Å². The van der Waals surface area contributed by atoms with Crippen molar-refractivity contribution in [1.29, 1.82) is 0 Å². The van der Waals surface area contributed by atoms with Gasteiger partial charge in [-0.05, 0) is 50.3 Å². The first-order chi connectivity index (χ1) is 15.2. The Morgan fingerprint density at radius 1 is 1.09 bits per heavy atom. The van der Waals surface area contributed by atoms with Gasteiger partial charge in [0.15, 0.2) is 5.96 Å². The Labute approximate surface area is 187 Å². The number of aryl methyl sites for hydroxylation is 3. The average Bonchev–Trinajstić information content (AvgIpc) is 2.71. The van der Waals surface area contributed by atoms with E-state index in [9.17, 15) is 9.59 Å². The monoisotopic (exact) mass is 441 g/mol. The third kappa shape index (κ3) is 7.53. The van der Waals surface area contributed by atoms with Crippen molar-refractivity contribution in [2.24, 2.45) is 22.2 Å². The predicted octanol–water partition coefficient (Wildman–Crippen LogP) is 0.661. The van der Waals surface area contributed by atoms with Crippen LogP contribution in [-0.2, 0) is 11.2 Å². The van der Waals surface area contributed by atoms with Gasteiger partial charge in [-0.15, -0.1) is 0 Å². The summed E-state index contributed by atoms with van der Waals surface area (Å²) in [5, 5.41) is 2.58. The molecule has 1 aromatic heterocycles. The van der Waals surface area contributed by atoms with Gasteiger partial charge in [-0.2, -0.15) is 0 Å². The summed E-state index contributed by atoms with van der Waals surface area (Å²) < 4.78 is 5.73. The molecule has 0 radical (unpaired) electrons. The molecule has 7 N–H and O–H groups in total. The molecule has 0 aliphatic carbocycles. The van der Waals surface area contributed by atoms with Gasteiger partial charge in [0.2, 0.25) is 11.8 Å². The van der Waals surface area contributed by atoms with Crippen LogP contribution in [0, 0.1) is 20.8 Å². The summed E-state index contributed by atoms with van der Waals surface area (Å²) >= 11 is 0. The van der Waals surface area contributed by atoms with E-state index < -0.39 is 17.9 Å². The minimum absolute atomic E-state index is 0.0362. The number of amides is 2. The van der Waals surface area contributed by atoms with Crippen LogP contribution in [0.3, 0.4) is 0 Å². The number of aromatic nitrogens is 2. The van der Waals surface area contributed by atoms with Crippen LogP contribution in [0.4, 0.5) is 0 Å². The lowest BCUT2D eigenvalue weighted by molar-refractivity contribution is -0.120. The van der Waals surface area contributed by atoms with Gasteiger partial charge >= 0.3 is 0 Å². The minimum Gasteiger partial charge on any atom is -0.477 e. The fourth-order valence-corrected chi connectivity index (χ4v) is 3.43. The molecule has 1 atom stereocenters. The number of nitrogens with one attached hydrogen (secondary N) is 1. The van der Waals surface area contributed by atoms with Gasteiger partial charge in [0, 0.05) is 19.0 Å². The molecule has 2 rings (SSSR count). The van der Waals surface area contributed by atoms with Gasteiger partial charge in [0.1, 0.15) is 18.1 Å². The van der Waals surface area contributed by atoms with Crippen LogP contribution < -0.4 is 27.3 Å². The van der Waals surface area contributed by atoms with E-state index in [0.717, 1.165) is 0 Å². The van der Waals surface area contributed by atoms with E-state index in [-0.39, 0.29) is 17.5 Å². The third-order valence-corrected chi connectivity index (χ3v) is 4.91. The van der Waals surface area contributed by atoms with Crippen molar-refractivity contribution in [3.63, 3.8) is 0 Å². The summed E-state index contributed by atoms with van der Waals surface area (Å²) in [5.41, 5.74) is 20.9. The van der Waals surface area contributed by atoms with Crippen molar-refractivity contribution in [3.05, 3.63) is 52.5 Å². The molecular weight excluding hydrogens is 410 g/mol. The highest BCUT2D eigenvalue weighted by Gasteiger charge is 2.20. The SMILES string of the molecule is Cc1cc(C)c(CCOc2cc(C(=O)N[C@@H](CCCN=C(N)N)C(N)=O)ncn2)c(C)c1. The Balaban J connectivity index is 1.95. The van der Waals surface area contributed by atoms with Crippen molar-refractivity contribution >= 4 is 17.8 Å². The fraction of sp³-hybridized carbons (Fsp3) is 0.409. The van der Waals surface area contributed by atoms with Gasteiger partial charge in [-0.3, -0.25) is 14.6 Å². The Hall–Kier alpha value is -3.69. The minimum atomic E-state index is -0.872. The molecule has 0 saturated heterocycles. The van der Waals surface area contributed by atoms with Crippen LogP contribution in [0.5, 0.6) is 5.88 Å². The molecule has 32 heavy (non-hydrogen) atoms. The molecule has 1 heterocycles. The van der Waals surface area contributed by atoms with E-state index in [0.29, 0.717) is 32.4 Å². The van der Waals surface area contributed by atoms with Crippen molar-refractivity contribution in [2.45, 2.75) is 46.1 Å². The Bertz CT molecular complexity index is 964. The fourth-order valence-electron chi connectivity index (χ4n) is 3.43. The second kappa shape index (κ2) is 11.6. The summed E-state index contributed by atoms with van der Waals surface area (Å²) in [6.07, 6.45) is 2.72. The number of carbonyl (C=O) groups is 2. The zero-order valence-corrected chi connectivity index (χ0v) is 18.7. The molecular formula is C22H31N7O3. The Morgan fingerprint density at radius 3 is 2.41 bits per heavy atom. The van der Waals surface area contributed by atoms with E-state index in [4.69, 9.17) is 21.9 Å². The molecule has 10 nitrogen and oxygen atoms in total. The largest absolute Gasteiger partial charge is 0.477 e. The lowest BCUT2D eigenvalue weighted by Gasteiger charge is -2.15. The number of nitrogens with zero attached hydrogens (tertiary/aromatic N) is 3. The summed E-state index contributed by atoms with van der Waals surface area (Å²) in [7, 11) is 0. The summed E-state index contributed by atoms with van der Waals surface area (Å²) in [4.78, 5) is 36.1. The summed E-state index contributed by atoms with van der Waals surface area (Å²) in [6.45, 7) is 6.95. The van der Waals surface area contributed by atoms with E-state index >= 15 is 0 Å². The number of ether oxygens (including phenoxy) is 1. The zero-order valence-electron chi connectivity index (χ0n) is 18.7. The Kier molecular flexibility index (Phi) is 8.94. The lowest BCUT2D eigenvalue weighted by atomic mass is 9.98. The van der Waals surface area contributed by atoms with Gasteiger partial charge in [-0.1, -0.05) is 17.7 Å². The second-order valence-electron chi connectivity index (χ2n) is 7.59. The van der Waals surface area contributed by atoms with Gasteiger partial charge in [-0.25, -0.2) is 9.97 Å². The topological polar surface area (TPSA) is 172 Å². The van der Waals surface area contributed by atoms with Crippen LogP contribution in [0.2, 0.25) is 0 Å². The van der Waals surface area contributed by atoms with Crippen molar-refractivity contribution in [2.75, 3.05) is 13.2 Å². The maximum absolute atomic E-state index is 12.5. The van der Waals surface area contributed by atoms with Crippen LogP contribution in [-0.4, -0.2) is 46.9 Å². The van der Waals surface area contributed by atoms with E-state index in [2.05, 4.69) is 53.2 Å². The van der Waals surface area contributed by atoms with E-state index in [1.165, 1.54) is 34.6 Å². The number of aliphatic imine (C=N–C) groups is 1. The molecule has 0 fully saturated rings. The average molecular weight is 442 g/mol. The highest BCUT2D eigenvalue weighted by Crippen LogP contribution is 2.17. The molecule has 0 spiro atoms. The van der Waals surface area contributed by atoms with Crippen LogP contribution in [0.15, 0.2) is 29.5 Å². The van der Waals surface area contributed by atoms with Crippen molar-refractivity contribution in [3.8, 4) is 5.88 Å². The number of carbonyl (C=O) groups excluding carboxylic acids is 2. The van der Waals surface area contributed by atoms with Gasteiger partial charge in [0.25, 0.3) is 5.91 Å². The van der Waals surface area contributed by atoms with E-state index in [1.807, 2.05) is 0 Å². The molecule has 0 aliphatic rings. The number of benzene rings is 1.